The highest BCUT2D eigenvalue weighted by Crippen LogP contribution is 2.30. The van der Waals surface area contributed by atoms with Crippen LogP contribution in [-0.4, -0.2) is 17.0 Å². The molecule has 2 aromatic rings. The molecule has 1 N–H and O–H groups in total. The van der Waals surface area contributed by atoms with E-state index in [9.17, 15) is 0 Å². The maximum Gasteiger partial charge on any atom is 0.162 e. The molecule has 0 aliphatic carbocycles. The van der Waals surface area contributed by atoms with E-state index in [1.165, 1.54) is 0 Å². The van der Waals surface area contributed by atoms with Crippen molar-refractivity contribution < 1.29 is 0 Å². The van der Waals surface area contributed by atoms with Gasteiger partial charge in [0.25, 0.3) is 0 Å². The molecule has 0 atom stereocenters. The summed E-state index contributed by atoms with van der Waals surface area (Å²) >= 11 is 5.80. The van der Waals surface area contributed by atoms with Gasteiger partial charge in [0.2, 0.25) is 0 Å². The molecular formula is C15H17BrIN3. The fourth-order valence-corrected chi connectivity index (χ4v) is 3.62. The van der Waals surface area contributed by atoms with Gasteiger partial charge in [-0.15, -0.1) is 0 Å². The molecule has 0 aliphatic heterocycles. The van der Waals surface area contributed by atoms with E-state index in [0.29, 0.717) is 5.92 Å². The van der Waals surface area contributed by atoms with Crippen LogP contribution in [-0.2, 0) is 0 Å². The monoisotopic (exact) mass is 445 g/mol. The second-order valence-electron chi connectivity index (χ2n) is 4.96. The molecule has 0 fully saturated rings. The van der Waals surface area contributed by atoms with E-state index in [2.05, 4.69) is 81.7 Å². The Morgan fingerprint density at radius 3 is 2.50 bits per heavy atom. The SMILES string of the molecule is CNc1nc(-c2ccc(Br)cc2C)nc(C(C)C)c1I. The molecule has 106 valence electrons. The van der Waals surface area contributed by atoms with Crippen LogP contribution in [0.2, 0.25) is 0 Å². The van der Waals surface area contributed by atoms with Crippen molar-refractivity contribution in [1.29, 1.82) is 0 Å². The molecule has 0 aliphatic rings. The normalized spacial score (nSPS) is 10.9. The lowest BCUT2D eigenvalue weighted by atomic mass is 10.1. The van der Waals surface area contributed by atoms with Crippen molar-refractivity contribution in [2.24, 2.45) is 0 Å². The van der Waals surface area contributed by atoms with Crippen molar-refractivity contribution in [1.82, 2.24) is 9.97 Å². The minimum absolute atomic E-state index is 0.367. The molecule has 2 rings (SSSR count). The quantitative estimate of drug-likeness (QED) is 0.676. The standard InChI is InChI=1S/C15H17BrIN3/c1-8(2)13-12(17)15(18-4)20-14(19-13)11-6-5-10(16)7-9(11)3/h5-8H,1-4H3,(H,18,19,20). The topological polar surface area (TPSA) is 37.8 Å². The van der Waals surface area contributed by atoms with Crippen molar-refractivity contribution >= 4 is 44.3 Å². The van der Waals surface area contributed by atoms with Crippen molar-refractivity contribution in [3.63, 3.8) is 0 Å². The summed E-state index contributed by atoms with van der Waals surface area (Å²) in [5.41, 5.74) is 3.32. The zero-order valence-electron chi connectivity index (χ0n) is 12.0. The van der Waals surface area contributed by atoms with Crippen LogP contribution in [0.5, 0.6) is 0 Å². The number of benzene rings is 1. The number of rotatable bonds is 3. The van der Waals surface area contributed by atoms with Gasteiger partial charge in [-0.1, -0.05) is 29.8 Å². The van der Waals surface area contributed by atoms with E-state index in [0.717, 1.165) is 36.5 Å². The van der Waals surface area contributed by atoms with E-state index in [-0.39, 0.29) is 0 Å². The van der Waals surface area contributed by atoms with Crippen molar-refractivity contribution in [2.45, 2.75) is 26.7 Å². The molecule has 1 aromatic heterocycles. The summed E-state index contributed by atoms with van der Waals surface area (Å²) in [6.07, 6.45) is 0. The summed E-state index contributed by atoms with van der Waals surface area (Å²) in [5, 5.41) is 3.16. The molecule has 0 spiro atoms. The molecule has 0 saturated carbocycles. The number of halogens is 2. The average Bonchev–Trinajstić information content (AvgIpc) is 2.39. The highest BCUT2D eigenvalue weighted by Gasteiger charge is 2.16. The predicted octanol–water partition coefficient (Wildman–Crippen LogP) is 4.98. The van der Waals surface area contributed by atoms with Crippen LogP contribution >= 0.6 is 38.5 Å². The molecule has 0 amide bonds. The Morgan fingerprint density at radius 1 is 1.25 bits per heavy atom. The van der Waals surface area contributed by atoms with Gasteiger partial charge in [0, 0.05) is 17.1 Å². The summed E-state index contributed by atoms with van der Waals surface area (Å²) in [6.45, 7) is 6.39. The van der Waals surface area contributed by atoms with E-state index in [1.807, 2.05) is 13.1 Å². The third kappa shape index (κ3) is 3.14. The molecule has 1 aromatic carbocycles. The number of anilines is 1. The predicted molar refractivity (Wildman–Crippen MR) is 96.3 cm³/mol. The Kier molecular flexibility index (Phi) is 5.01. The van der Waals surface area contributed by atoms with Crippen molar-refractivity contribution in [2.75, 3.05) is 12.4 Å². The first-order valence-electron chi connectivity index (χ1n) is 6.45. The first-order valence-corrected chi connectivity index (χ1v) is 8.33. The van der Waals surface area contributed by atoms with Crippen LogP contribution in [0.4, 0.5) is 5.82 Å². The van der Waals surface area contributed by atoms with Crippen LogP contribution in [0.15, 0.2) is 22.7 Å². The van der Waals surface area contributed by atoms with E-state index in [1.54, 1.807) is 0 Å². The van der Waals surface area contributed by atoms with E-state index < -0.39 is 0 Å². The first-order chi connectivity index (χ1) is 9.43. The Bertz CT molecular complexity index is 641. The number of aryl methyl sites for hydroxylation is 1. The van der Waals surface area contributed by atoms with E-state index in [4.69, 9.17) is 4.98 Å². The van der Waals surface area contributed by atoms with E-state index >= 15 is 0 Å². The van der Waals surface area contributed by atoms with Gasteiger partial charge < -0.3 is 5.32 Å². The zero-order valence-corrected chi connectivity index (χ0v) is 15.7. The molecule has 5 heteroatoms. The highest BCUT2D eigenvalue weighted by molar-refractivity contribution is 14.1. The third-order valence-corrected chi connectivity index (χ3v) is 4.65. The molecular weight excluding hydrogens is 429 g/mol. The van der Waals surface area contributed by atoms with Gasteiger partial charge in [0.05, 0.1) is 9.26 Å². The number of nitrogens with zero attached hydrogens (tertiary/aromatic N) is 2. The second kappa shape index (κ2) is 6.39. The van der Waals surface area contributed by atoms with Crippen LogP contribution in [0.3, 0.4) is 0 Å². The summed E-state index contributed by atoms with van der Waals surface area (Å²) in [4.78, 5) is 9.42. The highest BCUT2D eigenvalue weighted by atomic mass is 127. The van der Waals surface area contributed by atoms with Gasteiger partial charge in [-0.25, -0.2) is 9.97 Å². The maximum atomic E-state index is 4.77. The number of aromatic nitrogens is 2. The lowest BCUT2D eigenvalue weighted by molar-refractivity contribution is 0.809. The molecule has 0 saturated heterocycles. The fraction of sp³-hybridized carbons (Fsp3) is 0.333. The Hall–Kier alpha value is -0.690. The maximum absolute atomic E-state index is 4.77. The lowest BCUT2D eigenvalue weighted by Gasteiger charge is -2.14. The van der Waals surface area contributed by atoms with Gasteiger partial charge >= 0.3 is 0 Å². The number of hydrogen-bond acceptors (Lipinski definition) is 3. The average molecular weight is 446 g/mol. The summed E-state index contributed by atoms with van der Waals surface area (Å²) in [5.74, 6) is 2.04. The molecule has 0 bridgehead atoms. The second-order valence-corrected chi connectivity index (χ2v) is 6.95. The zero-order chi connectivity index (χ0) is 14.9. The van der Waals surface area contributed by atoms with Gasteiger partial charge in [0.1, 0.15) is 5.82 Å². The van der Waals surface area contributed by atoms with Gasteiger partial charge in [0.15, 0.2) is 5.82 Å². The Labute approximate surface area is 141 Å². The number of nitrogens with one attached hydrogen (secondary N) is 1. The smallest absolute Gasteiger partial charge is 0.162 e. The molecule has 20 heavy (non-hydrogen) atoms. The van der Waals surface area contributed by atoms with Gasteiger partial charge in [-0.2, -0.15) is 0 Å². The molecule has 0 unspecified atom stereocenters. The molecule has 3 nitrogen and oxygen atoms in total. The Balaban J connectivity index is 2.65. The first kappa shape index (κ1) is 15.7. The minimum Gasteiger partial charge on any atom is -0.372 e. The van der Waals surface area contributed by atoms with Crippen LogP contribution in [0, 0.1) is 10.5 Å². The third-order valence-electron chi connectivity index (χ3n) is 3.09. The summed E-state index contributed by atoms with van der Waals surface area (Å²) in [6, 6.07) is 6.17. The lowest BCUT2D eigenvalue weighted by Crippen LogP contribution is -2.07. The Morgan fingerprint density at radius 2 is 1.95 bits per heavy atom. The van der Waals surface area contributed by atoms with Crippen LogP contribution < -0.4 is 5.32 Å². The van der Waals surface area contributed by atoms with Gasteiger partial charge in [-0.05, 0) is 59.2 Å². The number of hydrogen-bond donors (Lipinski definition) is 1. The van der Waals surface area contributed by atoms with Crippen LogP contribution in [0.1, 0.15) is 31.0 Å². The minimum atomic E-state index is 0.367. The van der Waals surface area contributed by atoms with Crippen molar-refractivity contribution in [3.05, 3.63) is 37.5 Å². The van der Waals surface area contributed by atoms with Crippen LogP contribution in [0.25, 0.3) is 11.4 Å². The fourth-order valence-electron chi connectivity index (χ4n) is 2.01. The summed E-state index contributed by atoms with van der Waals surface area (Å²) in [7, 11) is 1.90. The van der Waals surface area contributed by atoms with Gasteiger partial charge in [-0.3, -0.25) is 0 Å². The van der Waals surface area contributed by atoms with Crippen molar-refractivity contribution in [3.8, 4) is 11.4 Å². The largest absolute Gasteiger partial charge is 0.372 e. The molecule has 1 heterocycles. The summed E-state index contributed by atoms with van der Waals surface area (Å²) < 4.78 is 2.17. The molecule has 0 radical (unpaired) electrons.